The van der Waals surface area contributed by atoms with E-state index < -0.39 is 24.2 Å². The lowest BCUT2D eigenvalue weighted by Gasteiger charge is -2.32. The third kappa shape index (κ3) is 3.59. The van der Waals surface area contributed by atoms with Crippen molar-refractivity contribution in [2.45, 2.75) is 38.5 Å². The SMILES string of the molecule is Cc1ccc(C)c(NC(=O)c2cnn3c2N[C@@H](c2ccco2)C[C@H]3C(F)(F)F)c1. The Morgan fingerprint density at radius 2 is 2.10 bits per heavy atom. The highest BCUT2D eigenvalue weighted by Gasteiger charge is 2.47. The molecule has 4 rings (SSSR count). The summed E-state index contributed by atoms with van der Waals surface area (Å²) in [7, 11) is 0. The zero-order valence-electron chi connectivity index (χ0n) is 15.7. The molecular weight excluding hydrogens is 385 g/mol. The number of nitrogens with one attached hydrogen (secondary N) is 2. The molecule has 1 aliphatic rings. The molecule has 0 bridgehead atoms. The Hall–Kier alpha value is -3.23. The number of hydrogen-bond donors (Lipinski definition) is 2. The summed E-state index contributed by atoms with van der Waals surface area (Å²) in [5.74, 6) is -0.149. The minimum Gasteiger partial charge on any atom is -0.467 e. The molecule has 2 aromatic heterocycles. The third-order valence-corrected chi connectivity index (χ3v) is 5.01. The second kappa shape index (κ2) is 6.98. The summed E-state index contributed by atoms with van der Waals surface area (Å²) in [6.45, 7) is 3.73. The van der Waals surface area contributed by atoms with Crippen LogP contribution in [-0.4, -0.2) is 21.9 Å². The maximum absolute atomic E-state index is 13.7. The van der Waals surface area contributed by atoms with Gasteiger partial charge in [0.1, 0.15) is 17.1 Å². The van der Waals surface area contributed by atoms with Gasteiger partial charge in [0.15, 0.2) is 6.04 Å². The summed E-state index contributed by atoms with van der Waals surface area (Å²) >= 11 is 0. The average molecular weight is 404 g/mol. The summed E-state index contributed by atoms with van der Waals surface area (Å²) in [4.78, 5) is 12.9. The molecule has 3 heterocycles. The summed E-state index contributed by atoms with van der Waals surface area (Å²) in [6, 6.07) is 6.21. The monoisotopic (exact) mass is 404 g/mol. The lowest BCUT2D eigenvalue weighted by molar-refractivity contribution is -0.174. The van der Waals surface area contributed by atoms with Crippen LogP contribution in [0, 0.1) is 13.8 Å². The van der Waals surface area contributed by atoms with Gasteiger partial charge >= 0.3 is 6.18 Å². The van der Waals surface area contributed by atoms with Gasteiger partial charge in [-0.1, -0.05) is 12.1 Å². The zero-order valence-corrected chi connectivity index (χ0v) is 15.7. The van der Waals surface area contributed by atoms with Crippen LogP contribution in [-0.2, 0) is 0 Å². The number of aromatic nitrogens is 2. The van der Waals surface area contributed by atoms with Crippen molar-refractivity contribution in [3.8, 4) is 0 Å². The van der Waals surface area contributed by atoms with Gasteiger partial charge in [-0.15, -0.1) is 0 Å². The molecule has 1 aromatic carbocycles. The smallest absolute Gasteiger partial charge is 0.410 e. The molecule has 2 atom stereocenters. The van der Waals surface area contributed by atoms with Crippen molar-refractivity contribution in [3.05, 3.63) is 65.2 Å². The number of halogens is 3. The van der Waals surface area contributed by atoms with Crippen LogP contribution >= 0.6 is 0 Å². The Bertz CT molecular complexity index is 1040. The first-order valence-corrected chi connectivity index (χ1v) is 9.07. The van der Waals surface area contributed by atoms with Crippen molar-refractivity contribution in [2.24, 2.45) is 0 Å². The summed E-state index contributed by atoms with van der Waals surface area (Å²) in [5, 5.41) is 9.62. The molecule has 6 nitrogen and oxygen atoms in total. The van der Waals surface area contributed by atoms with Crippen molar-refractivity contribution in [1.82, 2.24) is 9.78 Å². The molecule has 0 radical (unpaired) electrons. The van der Waals surface area contributed by atoms with Crippen molar-refractivity contribution in [1.29, 1.82) is 0 Å². The number of rotatable bonds is 3. The van der Waals surface area contributed by atoms with E-state index in [2.05, 4.69) is 15.7 Å². The molecule has 29 heavy (non-hydrogen) atoms. The van der Waals surface area contributed by atoms with E-state index in [0.29, 0.717) is 11.4 Å². The standard InChI is InChI=1S/C20H19F3N4O2/c1-11-5-6-12(2)14(8-11)26-19(28)13-10-24-27-17(20(21,22)23)9-15(25-18(13)27)16-4-3-7-29-16/h3-8,10,15,17,25H,9H2,1-2H3,(H,26,28)/t15-,17+/m1/s1. The highest BCUT2D eigenvalue weighted by Crippen LogP contribution is 2.44. The number of aryl methyl sites for hydroxylation is 2. The first-order chi connectivity index (χ1) is 13.7. The molecule has 3 aromatic rings. The molecular formula is C20H19F3N4O2. The van der Waals surface area contributed by atoms with Crippen molar-refractivity contribution in [2.75, 3.05) is 10.6 Å². The predicted octanol–water partition coefficient (Wildman–Crippen LogP) is 5.01. The minimum atomic E-state index is -4.52. The molecule has 0 saturated carbocycles. The molecule has 1 amide bonds. The van der Waals surface area contributed by atoms with E-state index in [1.54, 1.807) is 18.2 Å². The average Bonchev–Trinajstić information content (AvgIpc) is 3.32. The van der Waals surface area contributed by atoms with Gasteiger partial charge in [-0.2, -0.15) is 18.3 Å². The number of fused-ring (bicyclic) bond motifs is 1. The van der Waals surface area contributed by atoms with Gasteiger partial charge in [0, 0.05) is 12.1 Å². The van der Waals surface area contributed by atoms with Crippen LogP contribution in [0.3, 0.4) is 0 Å². The molecule has 152 valence electrons. The van der Waals surface area contributed by atoms with Gasteiger partial charge in [0.25, 0.3) is 5.91 Å². The van der Waals surface area contributed by atoms with E-state index in [9.17, 15) is 18.0 Å². The van der Waals surface area contributed by atoms with E-state index in [1.807, 2.05) is 26.0 Å². The van der Waals surface area contributed by atoms with E-state index in [1.165, 1.54) is 6.26 Å². The first kappa shape index (κ1) is 19.1. The number of carbonyl (C=O) groups is 1. The van der Waals surface area contributed by atoms with E-state index in [0.717, 1.165) is 22.0 Å². The lowest BCUT2D eigenvalue weighted by Crippen LogP contribution is -2.36. The minimum absolute atomic E-state index is 0.0165. The zero-order chi connectivity index (χ0) is 20.8. The van der Waals surface area contributed by atoms with Gasteiger partial charge < -0.3 is 15.1 Å². The lowest BCUT2D eigenvalue weighted by atomic mass is 10.0. The quantitative estimate of drug-likeness (QED) is 0.644. The Balaban J connectivity index is 1.70. The maximum Gasteiger partial charge on any atom is 0.410 e. The topological polar surface area (TPSA) is 72.1 Å². The Labute approximate surface area is 164 Å². The van der Waals surface area contributed by atoms with Gasteiger partial charge in [0.05, 0.1) is 18.5 Å². The van der Waals surface area contributed by atoms with E-state index in [4.69, 9.17) is 4.42 Å². The molecule has 9 heteroatoms. The molecule has 0 spiro atoms. The van der Waals surface area contributed by atoms with E-state index in [-0.39, 0.29) is 17.8 Å². The fraction of sp³-hybridized carbons (Fsp3) is 0.300. The van der Waals surface area contributed by atoms with Gasteiger partial charge in [-0.3, -0.25) is 4.79 Å². The first-order valence-electron chi connectivity index (χ1n) is 9.07. The highest BCUT2D eigenvalue weighted by atomic mass is 19.4. The number of amides is 1. The van der Waals surface area contributed by atoms with Crippen LogP contribution in [0.15, 0.2) is 47.2 Å². The normalized spacial score (nSPS) is 18.8. The van der Waals surface area contributed by atoms with Crippen LogP contribution < -0.4 is 10.6 Å². The Kier molecular flexibility index (Phi) is 4.60. The second-order valence-electron chi connectivity index (χ2n) is 7.13. The van der Waals surface area contributed by atoms with Crippen molar-refractivity contribution < 1.29 is 22.4 Å². The number of carbonyl (C=O) groups excluding carboxylic acids is 1. The van der Waals surface area contributed by atoms with Crippen LogP contribution in [0.1, 0.15) is 45.7 Å². The fourth-order valence-corrected chi connectivity index (χ4v) is 3.46. The van der Waals surface area contributed by atoms with Crippen LogP contribution in [0.25, 0.3) is 0 Å². The van der Waals surface area contributed by atoms with Gasteiger partial charge in [-0.05, 0) is 43.2 Å². The number of hydrogen-bond acceptors (Lipinski definition) is 4. The third-order valence-electron chi connectivity index (χ3n) is 5.01. The van der Waals surface area contributed by atoms with Crippen LogP contribution in [0.2, 0.25) is 0 Å². The number of nitrogens with zero attached hydrogens (tertiary/aromatic N) is 2. The van der Waals surface area contributed by atoms with Crippen LogP contribution in [0.5, 0.6) is 0 Å². The molecule has 0 unspecified atom stereocenters. The molecule has 1 aliphatic heterocycles. The molecule has 2 N–H and O–H groups in total. The Morgan fingerprint density at radius 3 is 2.79 bits per heavy atom. The fourth-order valence-electron chi connectivity index (χ4n) is 3.46. The number of anilines is 2. The largest absolute Gasteiger partial charge is 0.467 e. The number of benzene rings is 1. The molecule has 0 fully saturated rings. The van der Waals surface area contributed by atoms with Crippen LogP contribution in [0.4, 0.5) is 24.7 Å². The van der Waals surface area contributed by atoms with Crippen molar-refractivity contribution >= 4 is 17.4 Å². The summed E-state index contributed by atoms with van der Waals surface area (Å²) in [5.41, 5.74) is 2.44. The molecule has 0 saturated heterocycles. The van der Waals surface area contributed by atoms with Gasteiger partial charge in [-0.25, -0.2) is 4.68 Å². The summed E-state index contributed by atoms with van der Waals surface area (Å²) < 4.78 is 47.1. The summed E-state index contributed by atoms with van der Waals surface area (Å²) in [6.07, 6.45) is -2.25. The predicted molar refractivity (Wildman–Crippen MR) is 101 cm³/mol. The Morgan fingerprint density at radius 1 is 1.31 bits per heavy atom. The number of furan rings is 1. The second-order valence-corrected chi connectivity index (χ2v) is 7.13. The van der Waals surface area contributed by atoms with E-state index >= 15 is 0 Å². The molecule has 0 aliphatic carbocycles. The maximum atomic E-state index is 13.7. The highest BCUT2D eigenvalue weighted by molar-refractivity contribution is 6.07. The van der Waals surface area contributed by atoms with Crippen molar-refractivity contribution in [3.63, 3.8) is 0 Å². The van der Waals surface area contributed by atoms with Gasteiger partial charge in [0.2, 0.25) is 0 Å². The number of alkyl halides is 3.